The van der Waals surface area contributed by atoms with Crippen molar-refractivity contribution in [3.8, 4) is 0 Å². The number of thioether (sulfide) groups is 1. The first-order valence-electron chi connectivity index (χ1n) is 15.2. The Morgan fingerprint density at radius 2 is 1.56 bits per heavy atom. The molecular formula is C35H41F2N3O3SSi. The number of aromatic nitrogens is 2. The van der Waals surface area contributed by atoms with Crippen LogP contribution in [0.2, 0.25) is 5.04 Å². The molecule has 238 valence electrons. The van der Waals surface area contributed by atoms with Crippen LogP contribution in [0.25, 0.3) is 0 Å². The second-order valence-corrected chi connectivity index (χ2v) is 17.7. The van der Waals surface area contributed by atoms with E-state index in [-0.39, 0.29) is 40.8 Å². The van der Waals surface area contributed by atoms with E-state index in [1.54, 1.807) is 6.07 Å². The van der Waals surface area contributed by atoms with E-state index in [9.17, 15) is 5.11 Å². The van der Waals surface area contributed by atoms with Gasteiger partial charge in [0.15, 0.2) is 16.8 Å². The first-order chi connectivity index (χ1) is 21.5. The number of hydrogen-bond acceptors (Lipinski definition) is 7. The molecule has 1 fully saturated rings. The number of ether oxygens (including phenoxy) is 1. The standard InChI is InChI=1S/C35H41F2N3O3SSi/c1-23-20-40(21-24(2)43-23)32-25(19-28(30(36)31(32)37)33(41)29-17-18-38-34(39-29)44-6)22-42-45(35(3,4)5,26-13-9-7-10-14-26)27-15-11-8-12-16-27/h7-19,23-24,33,41H,20-22H2,1-6H3. The van der Waals surface area contributed by atoms with E-state index in [1.807, 2.05) is 61.4 Å². The fraction of sp³-hybridized carbons (Fsp3) is 0.371. The lowest BCUT2D eigenvalue weighted by Crippen LogP contribution is -2.66. The van der Waals surface area contributed by atoms with Gasteiger partial charge in [-0.15, -0.1) is 0 Å². The summed E-state index contributed by atoms with van der Waals surface area (Å²) in [5.41, 5.74) is 0.581. The third kappa shape index (κ3) is 6.71. The molecule has 0 spiro atoms. The normalized spacial score (nSPS) is 18.2. The quantitative estimate of drug-likeness (QED) is 0.131. The van der Waals surface area contributed by atoms with Gasteiger partial charge < -0.3 is 19.2 Å². The molecule has 1 N–H and O–H groups in total. The topological polar surface area (TPSA) is 67.7 Å². The molecule has 0 bridgehead atoms. The molecule has 6 nitrogen and oxygen atoms in total. The summed E-state index contributed by atoms with van der Waals surface area (Å²) in [6.45, 7) is 11.1. The van der Waals surface area contributed by atoms with Crippen LogP contribution in [0.3, 0.4) is 0 Å². The number of aliphatic hydroxyl groups is 1. The summed E-state index contributed by atoms with van der Waals surface area (Å²) in [6, 6.07) is 23.4. The lowest BCUT2D eigenvalue weighted by Gasteiger charge is -2.43. The van der Waals surface area contributed by atoms with Crippen LogP contribution in [0.15, 0.2) is 84.1 Å². The lowest BCUT2D eigenvalue weighted by atomic mass is 9.99. The molecule has 3 atom stereocenters. The molecule has 10 heteroatoms. The minimum Gasteiger partial charge on any atom is -0.403 e. The summed E-state index contributed by atoms with van der Waals surface area (Å²) in [5.74, 6) is -2.13. The Hall–Kier alpha value is -3.15. The summed E-state index contributed by atoms with van der Waals surface area (Å²) in [5, 5.41) is 13.6. The molecule has 4 aromatic rings. The van der Waals surface area contributed by atoms with E-state index in [0.29, 0.717) is 23.8 Å². The first kappa shape index (κ1) is 33.2. The Bertz CT molecular complexity index is 1560. The maximum absolute atomic E-state index is 16.4. The molecule has 0 amide bonds. The largest absolute Gasteiger partial charge is 0.403 e. The number of rotatable bonds is 9. The molecule has 0 aliphatic carbocycles. The van der Waals surface area contributed by atoms with E-state index >= 15 is 8.78 Å². The van der Waals surface area contributed by atoms with Crippen molar-refractivity contribution in [2.24, 2.45) is 0 Å². The van der Waals surface area contributed by atoms with Gasteiger partial charge in [-0.3, -0.25) is 0 Å². The number of halogens is 2. The minimum absolute atomic E-state index is 0.000507. The average molecular weight is 650 g/mol. The van der Waals surface area contributed by atoms with Gasteiger partial charge in [-0.1, -0.05) is 93.2 Å². The van der Waals surface area contributed by atoms with Crippen molar-refractivity contribution in [2.45, 2.75) is 69.7 Å². The maximum atomic E-state index is 16.4. The summed E-state index contributed by atoms with van der Waals surface area (Å²) in [7, 11) is -3.03. The average Bonchev–Trinajstić information content (AvgIpc) is 3.02. The Balaban J connectivity index is 1.68. The van der Waals surface area contributed by atoms with Gasteiger partial charge in [0.1, 0.15) is 6.10 Å². The van der Waals surface area contributed by atoms with E-state index in [1.165, 1.54) is 24.0 Å². The van der Waals surface area contributed by atoms with E-state index in [0.717, 1.165) is 10.4 Å². The van der Waals surface area contributed by atoms with Crippen molar-refractivity contribution in [3.05, 3.63) is 107 Å². The molecule has 5 rings (SSSR count). The zero-order valence-corrected chi connectivity index (χ0v) is 28.4. The highest BCUT2D eigenvalue weighted by Crippen LogP contribution is 2.40. The van der Waals surface area contributed by atoms with E-state index in [2.05, 4.69) is 55.0 Å². The van der Waals surface area contributed by atoms with E-state index in [4.69, 9.17) is 9.16 Å². The van der Waals surface area contributed by atoms with Crippen LogP contribution in [0, 0.1) is 11.6 Å². The highest BCUT2D eigenvalue weighted by atomic mass is 32.2. The predicted molar refractivity (Wildman–Crippen MR) is 179 cm³/mol. The Morgan fingerprint density at radius 1 is 0.978 bits per heavy atom. The number of aliphatic hydroxyl groups excluding tert-OH is 1. The van der Waals surface area contributed by atoms with Crippen molar-refractivity contribution in [3.63, 3.8) is 0 Å². The number of morpholine rings is 1. The van der Waals surface area contributed by atoms with Crippen LogP contribution in [0.1, 0.15) is 57.5 Å². The van der Waals surface area contributed by atoms with Crippen LogP contribution >= 0.6 is 11.8 Å². The van der Waals surface area contributed by atoms with Crippen molar-refractivity contribution < 1.29 is 23.1 Å². The third-order valence-electron chi connectivity index (χ3n) is 8.30. The molecule has 3 unspecified atom stereocenters. The minimum atomic E-state index is -3.03. The second kappa shape index (κ2) is 13.7. The summed E-state index contributed by atoms with van der Waals surface area (Å²) >= 11 is 1.30. The molecule has 45 heavy (non-hydrogen) atoms. The predicted octanol–water partition coefficient (Wildman–Crippen LogP) is 6.25. The number of nitrogens with zero attached hydrogens (tertiary/aromatic N) is 3. The van der Waals surface area contributed by atoms with Crippen molar-refractivity contribution in [1.29, 1.82) is 0 Å². The first-order valence-corrected chi connectivity index (χ1v) is 18.3. The molecule has 0 radical (unpaired) electrons. The smallest absolute Gasteiger partial charge is 0.261 e. The van der Waals surface area contributed by atoms with Crippen LogP contribution in [0.4, 0.5) is 14.5 Å². The highest BCUT2D eigenvalue weighted by molar-refractivity contribution is 7.98. The molecule has 2 heterocycles. The monoisotopic (exact) mass is 649 g/mol. The van der Waals surface area contributed by atoms with Crippen LogP contribution in [0.5, 0.6) is 0 Å². The molecule has 1 aliphatic heterocycles. The summed E-state index contributed by atoms with van der Waals surface area (Å²) < 4.78 is 45.6. The van der Waals surface area contributed by atoms with Crippen molar-refractivity contribution in [1.82, 2.24) is 9.97 Å². The lowest BCUT2D eigenvalue weighted by molar-refractivity contribution is -0.00554. The van der Waals surface area contributed by atoms with Gasteiger partial charge in [-0.05, 0) is 47.6 Å². The number of anilines is 1. The molecule has 1 aromatic heterocycles. The van der Waals surface area contributed by atoms with Gasteiger partial charge in [-0.25, -0.2) is 18.7 Å². The van der Waals surface area contributed by atoms with Crippen LogP contribution in [-0.4, -0.2) is 54.9 Å². The summed E-state index contributed by atoms with van der Waals surface area (Å²) in [4.78, 5) is 10.4. The fourth-order valence-corrected chi connectivity index (χ4v) is 11.3. The van der Waals surface area contributed by atoms with Crippen LogP contribution < -0.4 is 15.3 Å². The molecule has 0 saturated carbocycles. The van der Waals surface area contributed by atoms with E-state index < -0.39 is 26.1 Å². The molecular weight excluding hydrogens is 609 g/mol. The third-order valence-corrected chi connectivity index (χ3v) is 13.8. The SMILES string of the molecule is CSc1nccc(C(O)c2cc(CO[Si](c3ccccc3)(c3ccccc3)C(C)(C)C)c(N3CC(C)OC(C)C3)c(F)c2F)n1. The zero-order valence-electron chi connectivity index (χ0n) is 26.6. The fourth-order valence-electron chi connectivity index (χ4n) is 6.41. The van der Waals surface area contributed by atoms with Gasteiger partial charge in [0.05, 0.1) is 30.2 Å². The van der Waals surface area contributed by atoms with Gasteiger partial charge in [0, 0.05) is 30.4 Å². The molecule has 1 saturated heterocycles. The molecule has 3 aromatic carbocycles. The van der Waals surface area contributed by atoms with Crippen molar-refractivity contribution >= 4 is 36.1 Å². The van der Waals surface area contributed by atoms with Crippen molar-refractivity contribution in [2.75, 3.05) is 24.2 Å². The van der Waals surface area contributed by atoms with Gasteiger partial charge >= 0.3 is 0 Å². The number of benzene rings is 3. The Labute approximate surface area is 270 Å². The molecule has 1 aliphatic rings. The van der Waals surface area contributed by atoms with Crippen LogP contribution in [-0.2, 0) is 15.8 Å². The zero-order chi connectivity index (χ0) is 32.4. The van der Waals surface area contributed by atoms with Gasteiger partial charge in [-0.2, -0.15) is 0 Å². The Kier molecular flexibility index (Phi) is 10.1. The Morgan fingerprint density at radius 3 is 2.09 bits per heavy atom. The van der Waals surface area contributed by atoms with Gasteiger partial charge in [0.25, 0.3) is 8.32 Å². The highest BCUT2D eigenvalue weighted by Gasteiger charge is 2.50. The summed E-state index contributed by atoms with van der Waals surface area (Å²) in [6.07, 6.45) is 1.45. The maximum Gasteiger partial charge on any atom is 0.261 e. The van der Waals surface area contributed by atoms with Gasteiger partial charge in [0.2, 0.25) is 0 Å². The number of hydrogen-bond donors (Lipinski definition) is 1. The second-order valence-electron chi connectivity index (χ2n) is 12.6.